The molecule has 0 fully saturated rings. The van der Waals surface area contributed by atoms with E-state index in [0.717, 1.165) is 6.42 Å². The number of hydrogen-bond acceptors (Lipinski definition) is 6. The van der Waals surface area contributed by atoms with Crippen LogP contribution in [-0.4, -0.2) is 64.8 Å². The van der Waals surface area contributed by atoms with E-state index in [4.69, 9.17) is 18.9 Å². The third-order valence-corrected chi connectivity index (χ3v) is 2.69. The van der Waals surface area contributed by atoms with Gasteiger partial charge in [0.05, 0.1) is 26.4 Å². The van der Waals surface area contributed by atoms with Crippen LogP contribution in [0.5, 0.6) is 0 Å². The first kappa shape index (κ1) is 19.3. The smallest absolute Gasteiger partial charge is 0.328 e. The maximum absolute atomic E-state index is 11.9. The van der Waals surface area contributed by atoms with Gasteiger partial charge in [-0.15, -0.1) is 0 Å². The molecule has 1 N–H and O–H groups in total. The van der Waals surface area contributed by atoms with Gasteiger partial charge in [0.2, 0.25) is 0 Å². The van der Waals surface area contributed by atoms with Crippen LogP contribution in [0.2, 0.25) is 0 Å². The zero-order chi connectivity index (χ0) is 15.3. The summed E-state index contributed by atoms with van der Waals surface area (Å²) >= 11 is 0. The van der Waals surface area contributed by atoms with Crippen molar-refractivity contribution >= 4 is 5.97 Å². The van der Waals surface area contributed by atoms with Crippen molar-refractivity contribution in [2.45, 2.75) is 32.7 Å². The number of hydrogen-bond donors (Lipinski definition) is 1. The van der Waals surface area contributed by atoms with Crippen LogP contribution in [0, 0.1) is 0 Å². The number of ether oxygens (including phenoxy) is 4. The third-order valence-electron chi connectivity index (χ3n) is 2.69. The summed E-state index contributed by atoms with van der Waals surface area (Å²) < 4.78 is 20.8. The van der Waals surface area contributed by atoms with Crippen LogP contribution in [0.3, 0.4) is 0 Å². The molecule has 0 amide bonds. The molecule has 0 bridgehead atoms. The number of carbonyl (C=O) groups excluding carboxylic acids is 1. The summed E-state index contributed by atoms with van der Waals surface area (Å²) in [6.45, 7) is 9.24. The van der Waals surface area contributed by atoms with E-state index in [0.29, 0.717) is 39.6 Å². The van der Waals surface area contributed by atoms with E-state index >= 15 is 0 Å². The molecular formula is C14H29NO5. The van der Waals surface area contributed by atoms with Crippen molar-refractivity contribution in [2.75, 3.05) is 53.3 Å². The second kappa shape index (κ2) is 12.1. The summed E-state index contributed by atoms with van der Waals surface area (Å²) in [5.74, 6) is -0.279. The molecule has 0 saturated heterocycles. The zero-order valence-corrected chi connectivity index (χ0v) is 13.2. The maximum atomic E-state index is 11.9. The Kier molecular flexibility index (Phi) is 11.7. The van der Waals surface area contributed by atoms with Gasteiger partial charge in [-0.3, -0.25) is 0 Å². The average molecular weight is 291 g/mol. The Morgan fingerprint density at radius 2 is 1.80 bits per heavy atom. The molecule has 0 aliphatic carbocycles. The number of rotatable bonds is 13. The number of likely N-dealkylation sites (N-methyl/N-ethyl adjacent to an activating group) is 1. The minimum absolute atomic E-state index is 0.279. The topological polar surface area (TPSA) is 66.0 Å². The second-order valence-electron chi connectivity index (χ2n) is 4.59. The second-order valence-corrected chi connectivity index (χ2v) is 4.59. The van der Waals surface area contributed by atoms with Crippen LogP contribution >= 0.6 is 0 Å². The SMILES string of the molecule is CCNC(C)(COCCCOCCOC)C(=O)OCC. The first-order valence-corrected chi connectivity index (χ1v) is 7.17. The van der Waals surface area contributed by atoms with Gasteiger partial charge >= 0.3 is 5.97 Å². The Balaban J connectivity index is 3.83. The summed E-state index contributed by atoms with van der Waals surface area (Å²) in [7, 11) is 1.64. The van der Waals surface area contributed by atoms with Crippen LogP contribution in [0.4, 0.5) is 0 Å². The summed E-state index contributed by atoms with van der Waals surface area (Å²) in [4.78, 5) is 11.9. The lowest BCUT2D eigenvalue weighted by Crippen LogP contribution is -2.54. The van der Waals surface area contributed by atoms with Crippen molar-refractivity contribution < 1.29 is 23.7 Å². The maximum Gasteiger partial charge on any atom is 0.328 e. The monoisotopic (exact) mass is 291 g/mol. The van der Waals surface area contributed by atoms with Crippen molar-refractivity contribution in [1.29, 1.82) is 0 Å². The lowest BCUT2D eigenvalue weighted by atomic mass is 10.0. The Labute approximate surface area is 122 Å². The Morgan fingerprint density at radius 1 is 1.10 bits per heavy atom. The Hall–Kier alpha value is -0.690. The summed E-state index contributed by atoms with van der Waals surface area (Å²) in [6.07, 6.45) is 0.786. The largest absolute Gasteiger partial charge is 0.465 e. The molecule has 6 heteroatoms. The number of carbonyl (C=O) groups is 1. The van der Waals surface area contributed by atoms with Crippen molar-refractivity contribution in [3.63, 3.8) is 0 Å². The van der Waals surface area contributed by atoms with Gasteiger partial charge in [-0.25, -0.2) is 4.79 Å². The summed E-state index contributed by atoms with van der Waals surface area (Å²) in [6, 6.07) is 0. The number of methoxy groups -OCH3 is 1. The quantitative estimate of drug-likeness (QED) is 0.403. The van der Waals surface area contributed by atoms with E-state index in [1.54, 1.807) is 21.0 Å². The normalized spacial score (nSPS) is 14.0. The first-order valence-electron chi connectivity index (χ1n) is 7.17. The van der Waals surface area contributed by atoms with Gasteiger partial charge in [0.15, 0.2) is 0 Å². The van der Waals surface area contributed by atoms with Crippen LogP contribution in [0.25, 0.3) is 0 Å². The molecule has 120 valence electrons. The number of esters is 1. The molecular weight excluding hydrogens is 262 g/mol. The van der Waals surface area contributed by atoms with Crippen LogP contribution < -0.4 is 5.32 Å². The molecule has 0 saturated carbocycles. The van der Waals surface area contributed by atoms with Gasteiger partial charge in [-0.1, -0.05) is 6.92 Å². The van der Waals surface area contributed by atoms with Crippen molar-refractivity contribution in [3.8, 4) is 0 Å². The molecule has 0 aliphatic rings. The van der Waals surface area contributed by atoms with E-state index < -0.39 is 5.54 Å². The Morgan fingerprint density at radius 3 is 2.40 bits per heavy atom. The van der Waals surface area contributed by atoms with E-state index in [2.05, 4.69) is 5.32 Å². The van der Waals surface area contributed by atoms with Crippen LogP contribution in [-0.2, 0) is 23.7 Å². The van der Waals surface area contributed by atoms with Gasteiger partial charge in [-0.05, 0) is 26.8 Å². The molecule has 0 aromatic rings. The van der Waals surface area contributed by atoms with Gasteiger partial charge < -0.3 is 24.3 Å². The fourth-order valence-electron chi connectivity index (χ4n) is 1.65. The highest BCUT2D eigenvalue weighted by atomic mass is 16.5. The molecule has 6 nitrogen and oxygen atoms in total. The summed E-state index contributed by atoms with van der Waals surface area (Å²) in [5, 5.41) is 3.12. The molecule has 1 atom stereocenters. The highest BCUT2D eigenvalue weighted by molar-refractivity contribution is 5.80. The molecule has 20 heavy (non-hydrogen) atoms. The lowest BCUT2D eigenvalue weighted by Gasteiger charge is -2.27. The third kappa shape index (κ3) is 8.47. The van der Waals surface area contributed by atoms with Gasteiger partial charge in [-0.2, -0.15) is 0 Å². The highest BCUT2D eigenvalue weighted by Gasteiger charge is 2.34. The predicted octanol–water partition coefficient (Wildman–Crippen LogP) is 0.987. The molecule has 0 radical (unpaired) electrons. The van der Waals surface area contributed by atoms with Crippen molar-refractivity contribution in [2.24, 2.45) is 0 Å². The van der Waals surface area contributed by atoms with Gasteiger partial charge in [0.25, 0.3) is 0 Å². The minimum atomic E-state index is -0.790. The average Bonchev–Trinajstić information content (AvgIpc) is 2.42. The summed E-state index contributed by atoms with van der Waals surface area (Å²) in [5.41, 5.74) is -0.790. The van der Waals surface area contributed by atoms with Crippen LogP contribution in [0.1, 0.15) is 27.2 Å². The molecule has 0 aromatic carbocycles. The fourth-order valence-corrected chi connectivity index (χ4v) is 1.65. The van der Waals surface area contributed by atoms with Crippen molar-refractivity contribution in [1.82, 2.24) is 5.32 Å². The molecule has 0 rings (SSSR count). The van der Waals surface area contributed by atoms with Crippen molar-refractivity contribution in [3.05, 3.63) is 0 Å². The van der Waals surface area contributed by atoms with E-state index in [1.165, 1.54) is 0 Å². The molecule has 0 heterocycles. The fraction of sp³-hybridized carbons (Fsp3) is 0.929. The minimum Gasteiger partial charge on any atom is -0.465 e. The van der Waals surface area contributed by atoms with E-state index in [9.17, 15) is 4.79 Å². The zero-order valence-electron chi connectivity index (χ0n) is 13.2. The highest BCUT2D eigenvalue weighted by Crippen LogP contribution is 2.08. The first-order chi connectivity index (χ1) is 9.60. The Bertz CT molecular complexity index is 250. The number of nitrogens with one attached hydrogen (secondary N) is 1. The van der Waals surface area contributed by atoms with Gasteiger partial charge in [0, 0.05) is 20.3 Å². The molecule has 1 unspecified atom stereocenters. The molecule has 0 spiro atoms. The lowest BCUT2D eigenvalue weighted by molar-refractivity contribution is -0.153. The predicted molar refractivity (Wildman–Crippen MR) is 76.8 cm³/mol. The standard InChI is InChI=1S/C14H29NO5/c1-5-15-14(3,13(16)20-6-2)12-19-9-7-8-18-11-10-17-4/h15H,5-12H2,1-4H3. The molecule has 0 aromatic heterocycles. The van der Waals surface area contributed by atoms with E-state index in [1.807, 2.05) is 6.92 Å². The van der Waals surface area contributed by atoms with Gasteiger partial charge in [0.1, 0.15) is 5.54 Å². The molecule has 0 aliphatic heterocycles. The van der Waals surface area contributed by atoms with E-state index in [-0.39, 0.29) is 12.6 Å². The van der Waals surface area contributed by atoms with Crippen LogP contribution in [0.15, 0.2) is 0 Å².